The lowest BCUT2D eigenvalue weighted by Crippen LogP contribution is -2.48. The molecule has 1 aliphatic rings. The number of carboxylic acids is 1. The number of nitrogens with one attached hydrogen (secondary N) is 2. The number of amidine groups is 1. The Morgan fingerprint density at radius 3 is 2.50 bits per heavy atom. The standard InChI is InChI=1S/C18H24N4O4/c1-10(2)8-14(18(25)26)21-15(23)9-13-11(3)20-16(22-17(13)24)12-4-6-19-7-5-12/h4-7,10-11,13-14H,8-9H2,1-3H3,(H,21,23)(H,25,26)(H,20,22,24). The number of carbonyl (C=O) groups is 3. The second-order valence-electron chi connectivity index (χ2n) is 6.84. The number of carbonyl (C=O) groups excluding carboxylic acids is 2. The van der Waals surface area contributed by atoms with Crippen LogP contribution in [0.25, 0.3) is 0 Å². The van der Waals surface area contributed by atoms with Gasteiger partial charge in [0.2, 0.25) is 11.8 Å². The van der Waals surface area contributed by atoms with Gasteiger partial charge < -0.3 is 15.7 Å². The van der Waals surface area contributed by atoms with Crippen LogP contribution in [0.1, 0.15) is 39.2 Å². The molecule has 0 bridgehead atoms. The highest BCUT2D eigenvalue weighted by Crippen LogP contribution is 2.19. The Hall–Kier alpha value is -2.77. The molecule has 1 aromatic rings. The predicted molar refractivity (Wildman–Crippen MR) is 95.5 cm³/mol. The van der Waals surface area contributed by atoms with Crippen LogP contribution in [-0.4, -0.2) is 45.8 Å². The number of aliphatic carboxylic acids is 1. The van der Waals surface area contributed by atoms with Crippen molar-refractivity contribution >= 4 is 23.6 Å². The van der Waals surface area contributed by atoms with E-state index in [1.165, 1.54) is 0 Å². The van der Waals surface area contributed by atoms with Crippen molar-refractivity contribution in [3.05, 3.63) is 30.1 Å². The van der Waals surface area contributed by atoms with Crippen LogP contribution in [0.4, 0.5) is 0 Å². The van der Waals surface area contributed by atoms with Crippen LogP contribution in [-0.2, 0) is 14.4 Å². The summed E-state index contributed by atoms with van der Waals surface area (Å²) in [6, 6.07) is 2.12. The van der Waals surface area contributed by atoms with Gasteiger partial charge in [-0.1, -0.05) is 13.8 Å². The van der Waals surface area contributed by atoms with E-state index in [4.69, 9.17) is 0 Å². The van der Waals surface area contributed by atoms with Gasteiger partial charge in [-0.25, -0.2) is 4.79 Å². The van der Waals surface area contributed by atoms with Crippen LogP contribution in [0, 0.1) is 11.8 Å². The number of aliphatic imine (C=N–C) groups is 1. The number of nitrogens with zero attached hydrogens (tertiary/aromatic N) is 2. The Morgan fingerprint density at radius 2 is 1.96 bits per heavy atom. The predicted octanol–water partition coefficient (Wildman–Crippen LogP) is 0.968. The number of amides is 2. The van der Waals surface area contributed by atoms with Crippen molar-refractivity contribution in [3.8, 4) is 0 Å². The number of aromatic nitrogens is 1. The Bertz CT molecular complexity index is 702. The molecule has 0 radical (unpaired) electrons. The summed E-state index contributed by atoms with van der Waals surface area (Å²) in [6.07, 6.45) is 3.43. The van der Waals surface area contributed by atoms with E-state index < -0.39 is 29.9 Å². The molecule has 0 saturated carbocycles. The number of hydrogen-bond acceptors (Lipinski definition) is 5. The van der Waals surface area contributed by atoms with Crippen LogP contribution < -0.4 is 10.6 Å². The molecule has 140 valence electrons. The zero-order valence-corrected chi connectivity index (χ0v) is 15.1. The van der Waals surface area contributed by atoms with Gasteiger partial charge >= 0.3 is 5.97 Å². The van der Waals surface area contributed by atoms with E-state index in [0.29, 0.717) is 12.3 Å². The molecule has 0 fully saturated rings. The number of hydrogen-bond donors (Lipinski definition) is 3. The SMILES string of the molecule is CC(C)CC(NC(=O)CC1C(=O)NC(c2ccncc2)=NC1C)C(=O)O. The Kier molecular flexibility index (Phi) is 6.43. The van der Waals surface area contributed by atoms with Gasteiger partial charge in [0.15, 0.2) is 0 Å². The van der Waals surface area contributed by atoms with Crippen LogP contribution in [0.2, 0.25) is 0 Å². The van der Waals surface area contributed by atoms with Gasteiger partial charge in [0.05, 0.1) is 12.0 Å². The zero-order valence-electron chi connectivity index (χ0n) is 15.1. The van der Waals surface area contributed by atoms with E-state index >= 15 is 0 Å². The van der Waals surface area contributed by atoms with E-state index in [1.807, 2.05) is 13.8 Å². The third-order valence-corrected chi connectivity index (χ3v) is 4.19. The highest BCUT2D eigenvalue weighted by molar-refractivity contribution is 6.10. The summed E-state index contributed by atoms with van der Waals surface area (Å²) < 4.78 is 0. The van der Waals surface area contributed by atoms with Gasteiger partial charge in [-0.05, 0) is 31.4 Å². The third kappa shape index (κ3) is 5.11. The molecule has 0 aromatic carbocycles. The molecule has 2 heterocycles. The quantitative estimate of drug-likeness (QED) is 0.669. The van der Waals surface area contributed by atoms with Crippen molar-refractivity contribution in [3.63, 3.8) is 0 Å². The molecule has 2 rings (SSSR count). The Balaban J connectivity index is 2.03. The first-order chi connectivity index (χ1) is 12.3. The fraction of sp³-hybridized carbons (Fsp3) is 0.500. The second kappa shape index (κ2) is 8.55. The molecule has 26 heavy (non-hydrogen) atoms. The first-order valence-electron chi connectivity index (χ1n) is 8.59. The summed E-state index contributed by atoms with van der Waals surface area (Å²) in [5.74, 6) is -1.91. The fourth-order valence-electron chi connectivity index (χ4n) is 2.82. The first-order valence-corrected chi connectivity index (χ1v) is 8.59. The lowest BCUT2D eigenvalue weighted by molar-refractivity contribution is -0.142. The van der Waals surface area contributed by atoms with Gasteiger partial charge in [-0.2, -0.15) is 0 Å². The Morgan fingerprint density at radius 1 is 1.31 bits per heavy atom. The molecule has 1 aliphatic heterocycles. The van der Waals surface area contributed by atoms with Crippen molar-refractivity contribution in [1.82, 2.24) is 15.6 Å². The minimum Gasteiger partial charge on any atom is -0.480 e. The summed E-state index contributed by atoms with van der Waals surface area (Å²) in [6.45, 7) is 5.53. The van der Waals surface area contributed by atoms with Crippen molar-refractivity contribution in [1.29, 1.82) is 0 Å². The van der Waals surface area contributed by atoms with Crippen molar-refractivity contribution in [2.75, 3.05) is 0 Å². The normalized spacial score (nSPS) is 20.9. The number of pyridine rings is 1. The minimum absolute atomic E-state index is 0.109. The topological polar surface area (TPSA) is 121 Å². The van der Waals surface area contributed by atoms with Gasteiger partial charge in [-0.15, -0.1) is 0 Å². The van der Waals surface area contributed by atoms with Crippen LogP contribution in [0.5, 0.6) is 0 Å². The average molecular weight is 360 g/mol. The molecule has 1 aromatic heterocycles. The molecule has 3 N–H and O–H groups in total. The van der Waals surface area contributed by atoms with Gasteiger partial charge in [0.1, 0.15) is 11.9 Å². The summed E-state index contributed by atoms with van der Waals surface area (Å²) in [7, 11) is 0. The molecule has 0 aliphatic carbocycles. The van der Waals surface area contributed by atoms with Crippen molar-refractivity contribution in [2.24, 2.45) is 16.8 Å². The smallest absolute Gasteiger partial charge is 0.326 e. The summed E-state index contributed by atoms with van der Waals surface area (Å²) >= 11 is 0. The molecule has 0 spiro atoms. The van der Waals surface area contributed by atoms with E-state index in [-0.39, 0.29) is 18.2 Å². The molecule has 3 unspecified atom stereocenters. The summed E-state index contributed by atoms with van der Waals surface area (Å²) in [5.41, 5.74) is 0.742. The highest BCUT2D eigenvalue weighted by atomic mass is 16.4. The van der Waals surface area contributed by atoms with Crippen molar-refractivity contribution in [2.45, 2.75) is 45.7 Å². The molecule has 8 heteroatoms. The van der Waals surface area contributed by atoms with Crippen LogP contribution in [0.3, 0.4) is 0 Å². The maximum atomic E-state index is 12.4. The van der Waals surface area contributed by atoms with Gasteiger partial charge in [0.25, 0.3) is 0 Å². The lowest BCUT2D eigenvalue weighted by Gasteiger charge is -2.27. The fourth-order valence-corrected chi connectivity index (χ4v) is 2.82. The summed E-state index contributed by atoms with van der Waals surface area (Å²) in [5, 5.41) is 14.4. The molecule has 8 nitrogen and oxygen atoms in total. The number of carboxylic acid groups (broad SMARTS) is 1. The van der Waals surface area contributed by atoms with E-state index in [0.717, 1.165) is 5.56 Å². The van der Waals surface area contributed by atoms with E-state index in [2.05, 4.69) is 20.6 Å². The summed E-state index contributed by atoms with van der Waals surface area (Å²) in [4.78, 5) is 44.3. The molecule has 3 atom stereocenters. The van der Waals surface area contributed by atoms with Crippen LogP contribution in [0.15, 0.2) is 29.5 Å². The third-order valence-electron chi connectivity index (χ3n) is 4.19. The first kappa shape index (κ1) is 19.6. The molecular formula is C18H24N4O4. The maximum Gasteiger partial charge on any atom is 0.326 e. The van der Waals surface area contributed by atoms with E-state index in [9.17, 15) is 19.5 Å². The average Bonchev–Trinajstić information content (AvgIpc) is 2.57. The molecular weight excluding hydrogens is 336 g/mol. The van der Waals surface area contributed by atoms with Gasteiger partial charge in [0, 0.05) is 24.4 Å². The molecule has 2 amide bonds. The molecule has 0 saturated heterocycles. The van der Waals surface area contributed by atoms with Gasteiger partial charge in [-0.3, -0.25) is 19.6 Å². The zero-order chi connectivity index (χ0) is 19.3. The van der Waals surface area contributed by atoms with Crippen molar-refractivity contribution < 1.29 is 19.5 Å². The monoisotopic (exact) mass is 360 g/mol. The largest absolute Gasteiger partial charge is 0.480 e. The minimum atomic E-state index is -1.08. The van der Waals surface area contributed by atoms with Crippen LogP contribution >= 0.6 is 0 Å². The lowest BCUT2D eigenvalue weighted by atomic mass is 9.93. The maximum absolute atomic E-state index is 12.4. The van der Waals surface area contributed by atoms with E-state index in [1.54, 1.807) is 31.5 Å². The highest BCUT2D eigenvalue weighted by Gasteiger charge is 2.33. The second-order valence-corrected chi connectivity index (χ2v) is 6.84. The number of rotatable bonds is 7. The Labute approximate surface area is 152 Å².